The predicted octanol–water partition coefficient (Wildman–Crippen LogP) is 1.38. The van der Waals surface area contributed by atoms with Gasteiger partial charge in [-0.1, -0.05) is 0 Å². The average molecular weight is 302 g/mol. The molecule has 6 heteroatoms. The second-order valence-corrected chi connectivity index (χ2v) is 7.46. The number of ether oxygens (including phenoxy) is 2. The van der Waals surface area contributed by atoms with Crippen molar-refractivity contribution in [2.75, 3.05) is 26.3 Å². The Labute approximate surface area is 128 Å². The standard InChI is InChI=1S/C15H30N2O4/c1-14(2,3)20-12(18)7-8-16-9-10-17(11-16)13(19)21-15(4,5)6/h13,19H,7-11H2,1-6H3/t13-/m0/s1. The third-order valence-electron chi connectivity index (χ3n) is 2.91. The minimum atomic E-state index is -0.906. The third-order valence-corrected chi connectivity index (χ3v) is 2.91. The molecule has 0 amide bonds. The number of aliphatic hydroxyl groups is 1. The quantitative estimate of drug-likeness (QED) is 0.611. The smallest absolute Gasteiger partial charge is 0.307 e. The Morgan fingerprint density at radius 1 is 1.14 bits per heavy atom. The van der Waals surface area contributed by atoms with Crippen LogP contribution in [0.5, 0.6) is 0 Å². The number of aliphatic hydroxyl groups excluding tert-OH is 1. The average Bonchev–Trinajstić information content (AvgIpc) is 2.70. The summed E-state index contributed by atoms with van der Waals surface area (Å²) in [5, 5.41) is 10.0. The third kappa shape index (κ3) is 7.76. The number of esters is 1. The molecule has 0 aromatic rings. The molecule has 0 spiro atoms. The molecule has 0 aliphatic carbocycles. The zero-order valence-corrected chi connectivity index (χ0v) is 14.2. The molecule has 0 saturated carbocycles. The fraction of sp³-hybridized carbons (Fsp3) is 0.933. The van der Waals surface area contributed by atoms with E-state index < -0.39 is 12.0 Å². The summed E-state index contributed by atoms with van der Waals surface area (Å²) in [5.74, 6) is -0.188. The summed E-state index contributed by atoms with van der Waals surface area (Å²) in [4.78, 5) is 15.6. The second kappa shape index (κ2) is 7.05. The number of rotatable bonds is 5. The topological polar surface area (TPSA) is 62.2 Å². The van der Waals surface area contributed by atoms with Crippen molar-refractivity contribution < 1.29 is 19.4 Å². The largest absolute Gasteiger partial charge is 0.460 e. The lowest BCUT2D eigenvalue weighted by atomic mass is 10.2. The Bertz CT molecular complexity index is 347. The first-order valence-electron chi connectivity index (χ1n) is 7.50. The molecule has 1 aliphatic rings. The zero-order chi connectivity index (χ0) is 16.3. The van der Waals surface area contributed by atoms with Crippen LogP contribution < -0.4 is 0 Å². The Kier molecular flexibility index (Phi) is 6.16. The summed E-state index contributed by atoms with van der Waals surface area (Å²) in [6.07, 6.45) is -0.544. The van der Waals surface area contributed by atoms with Crippen LogP contribution in [0.4, 0.5) is 0 Å². The van der Waals surface area contributed by atoms with Crippen LogP contribution in [0.15, 0.2) is 0 Å². The van der Waals surface area contributed by atoms with Crippen molar-refractivity contribution in [3.8, 4) is 0 Å². The molecule has 1 atom stereocenters. The first-order chi connectivity index (χ1) is 9.46. The number of carbonyl (C=O) groups is 1. The lowest BCUT2D eigenvalue weighted by Gasteiger charge is -2.29. The van der Waals surface area contributed by atoms with Crippen molar-refractivity contribution in [2.45, 2.75) is 65.6 Å². The van der Waals surface area contributed by atoms with Crippen LogP contribution in [0.25, 0.3) is 0 Å². The van der Waals surface area contributed by atoms with E-state index in [1.807, 2.05) is 46.4 Å². The van der Waals surface area contributed by atoms with E-state index in [2.05, 4.69) is 4.90 Å². The number of nitrogens with zero attached hydrogens (tertiary/aromatic N) is 2. The summed E-state index contributed by atoms with van der Waals surface area (Å²) < 4.78 is 10.8. The van der Waals surface area contributed by atoms with Gasteiger partial charge in [0, 0.05) is 19.6 Å². The van der Waals surface area contributed by atoms with Gasteiger partial charge in [0.2, 0.25) is 6.41 Å². The number of carbonyl (C=O) groups excluding carboxylic acids is 1. The predicted molar refractivity (Wildman–Crippen MR) is 80.5 cm³/mol. The second-order valence-electron chi connectivity index (χ2n) is 7.46. The molecule has 1 N–H and O–H groups in total. The van der Waals surface area contributed by atoms with Gasteiger partial charge in [-0.25, -0.2) is 4.90 Å². The van der Waals surface area contributed by atoms with Crippen LogP contribution in [0, 0.1) is 0 Å². The molecule has 0 aromatic carbocycles. The van der Waals surface area contributed by atoms with E-state index in [4.69, 9.17) is 9.47 Å². The Hall–Kier alpha value is -0.690. The van der Waals surface area contributed by atoms with Crippen molar-refractivity contribution >= 4 is 5.97 Å². The Morgan fingerprint density at radius 3 is 2.29 bits per heavy atom. The molecule has 0 radical (unpaired) electrons. The van der Waals surface area contributed by atoms with Gasteiger partial charge in [-0.2, -0.15) is 0 Å². The fourth-order valence-corrected chi connectivity index (χ4v) is 2.06. The van der Waals surface area contributed by atoms with Crippen LogP contribution in [0.3, 0.4) is 0 Å². The molecule has 1 aliphatic heterocycles. The minimum Gasteiger partial charge on any atom is -0.460 e. The normalized spacial score (nSPS) is 19.8. The zero-order valence-electron chi connectivity index (χ0n) is 14.2. The monoisotopic (exact) mass is 302 g/mol. The Morgan fingerprint density at radius 2 is 1.76 bits per heavy atom. The molecule has 0 aromatic heterocycles. The van der Waals surface area contributed by atoms with Crippen LogP contribution >= 0.6 is 0 Å². The maximum Gasteiger partial charge on any atom is 0.307 e. The number of hydrogen-bond acceptors (Lipinski definition) is 6. The molecule has 0 bridgehead atoms. The highest BCUT2D eigenvalue weighted by Crippen LogP contribution is 2.16. The van der Waals surface area contributed by atoms with Crippen LogP contribution in [-0.4, -0.2) is 64.8 Å². The molecule has 21 heavy (non-hydrogen) atoms. The van der Waals surface area contributed by atoms with E-state index >= 15 is 0 Å². The van der Waals surface area contributed by atoms with Crippen LogP contribution in [0.1, 0.15) is 48.0 Å². The minimum absolute atomic E-state index is 0.188. The van der Waals surface area contributed by atoms with Gasteiger partial charge in [-0.15, -0.1) is 0 Å². The van der Waals surface area contributed by atoms with Gasteiger partial charge in [0.05, 0.1) is 18.7 Å². The molecular weight excluding hydrogens is 272 g/mol. The van der Waals surface area contributed by atoms with Gasteiger partial charge in [0.25, 0.3) is 0 Å². The summed E-state index contributed by atoms with van der Waals surface area (Å²) in [5.41, 5.74) is -0.825. The molecule has 1 rings (SSSR count). The molecule has 1 saturated heterocycles. The summed E-state index contributed by atoms with van der Waals surface area (Å²) >= 11 is 0. The molecule has 1 fully saturated rings. The molecular formula is C15H30N2O4. The molecule has 1 heterocycles. The summed E-state index contributed by atoms with van der Waals surface area (Å²) in [6, 6.07) is 0. The van der Waals surface area contributed by atoms with Crippen LogP contribution in [-0.2, 0) is 14.3 Å². The lowest BCUT2D eigenvalue weighted by Crippen LogP contribution is -2.41. The van der Waals surface area contributed by atoms with Crippen LogP contribution in [0.2, 0.25) is 0 Å². The van der Waals surface area contributed by atoms with Crippen molar-refractivity contribution in [3.63, 3.8) is 0 Å². The SMILES string of the molecule is CC(C)(C)OC(=O)CCN1CCN([C@@H](O)OC(C)(C)C)C1. The number of hydrogen-bond donors (Lipinski definition) is 1. The van der Waals surface area contributed by atoms with Gasteiger partial charge in [-0.05, 0) is 41.5 Å². The van der Waals surface area contributed by atoms with Crippen molar-refractivity contribution in [3.05, 3.63) is 0 Å². The van der Waals surface area contributed by atoms with E-state index in [9.17, 15) is 9.90 Å². The van der Waals surface area contributed by atoms with Gasteiger partial charge in [0.1, 0.15) is 5.60 Å². The summed E-state index contributed by atoms with van der Waals surface area (Å²) in [7, 11) is 0. The highest BCUT2D eigenvalue weighted by molar-refractivity contribution is 5.70. The highest BCUT2D eigenvalue weighted by atomic mass is 16.6. The fourth-order valence-electron chi connectivity index (χ4n) is 2.06. The van der Waals surface area contributed by atoms with Gasteiger partial charge >= 0.3 is 5.97 Å². The van der Waals surface area contributed by atoms with E-state index in [0.717, 1.165) is 13.1 Å². The maximum atomic E-state index is 11.7. The first-order valence-corrected chi connectivity index (χ1v) is 7.50. The van der Waals surface area contributed by atoms with Gasteiger partial charge < -0.3 is 14.6 Å². The van der Waals surface area contributed by atoms with E-state index in [1.54, 1.807) is 0 Å². The summed E-state index contributed by atoms with van der Waals surface area (Å²) in [6.45, 7) is 14.1. The molecule has 124 valence electrons. The van der Waals surface area contributed by atoms with E-state index in [0.29, 0.717) is 19.6 Å². The van der Waals surface area contributed by atoms with Crippen molar-refractivity contribution in [1.29, 1.82) is 0 Å². The van der Waals surface area contributed by atoms with Gasteiger partial charge in [-0.3, -0.25) is 9.69 Å². The van der Waals surface area contributed by atoms with Crippen molar-refractivity contribution in [1.82, 2.24) is 9.80 Å². The van der Waals surface area contributed by atoms with E-state index in [1.165, 1.54) is 0 Å². The van der Waals surface area contributed by atoms with Crippen molar-refractivity contribution in [2.24, 2.45) is 0 Å². The maximum absolute atomic E-state index is 11.7. The van der Waals surface area contributed by atoms with E-state index in [-0.39, 0.29) is 11.6 Å². The molecule has 6 nitrogen and oxygen atoms in total. The first kappa shape index (κ1) is 18.4. The highest BCUT2D eigenvalue weighted by Gasteiger charge is 2.29. The Balaban J connectivity index is 2.30. The lowest BCUT2D eigenvalue weighted by molar-refractivity contribution is -0.236. The molecule has 0 unspecified atom stereocenters. The van der Waals surface area contributed by atoms with Gasteiger partial charge in [0.15, 0.2) is 0 Å².